The summed E-state index contributed by atoms with van der Waals surface area (Å²) in [7, 11) is 0. The van der Waals surface area contributed by atoms with Crippen molar-refractivity contribution in [2.45, 2.75) is 78.1 Å². The van der Waals surface area contributed by atoms with Gasteiger partial charge in [0.05, 0.1) is 0 Å². The lowest BCUT2D eigenvalue weighted by Gasteiger charge is -2.07. The SMILES string of the molecule is CCCCCCCc1cnc(-c2ccc(CCCCC)c(Cl)c2)nc1. The van der Waals surface area contributed by atoms with Crippen LogP contribution in [0.15, 0.2) is 30.6 Å². The quantitative estimate of drug-likeness (QED) is 0.402. The van der Waals surface area contributed by atoms with Gasteiger partial charge in [-0.15, -0.1) is 0 Å². The van der Waals surface area contributed by atoms with E-state index in [-0.39, 0.29) is 0 Å². The van der Waals surface area contributed by atoms with Crippen LogP contribution in [-0.2, 0) is 12.8 Å². The molecule has 25 heavy (non-hydrogen) atoms. The van der Waals surface area contributed by atoms with Crippen LogP contribution >= 0.6 is 11.6 Å². The molecule has 136 valence electrons. The Hall–Kier alpha value is -1.41. The Morgan fingerprint density at radius 1 is 0.800 bits per heavy atom. The Balaban J connectivity index is 1.91. The largest absolute Gasteiger partial charge is 0.236 e. The van der Waals surface area contributed by atoms with Gasteiger partial charge in [-0.3, -0.25) is 0 Å². The molecule has 0 radical (unpaired) electrons. The number of nitrogens with zero attached hydrogens (tertiary/aromatic N) is 2. The highest BCUT2D eigenvalue weighted by Crippen LogP contribution is 2.25. The fraction of sp³-hybridized carbons (Fsp3) is 0.545. The molecule has 1 aromatic heterocycles. The van der Waals surface area contributed by atoms with Crippen molar-refractivity contribution in [1.82, 2.24) is 9.97 Å². The van der Waals surface area contributed by atoms with Gasteiger partial charge in [-0.1, -0.05) is 76.1 Å². The van der Waals surface area contributed by atoms with Crippen LogP contribution in [0.25, 0.3) is 11.4 Å². The lowest BCUT2D eigenvalue weighted by atomic mass is 10.0. The lowest BCUT2D eigenvalue weighted by molar-refractivity contribution is 0.631. The highest BCUT2D eigenvalue weighted by molar-refractivity contribution is 6.31. The number of hydrogen-bond acceptors (Lipinski definition) is 2. The van der Waals surface area contributed by atoms with E-state index in [2.05, 4.69) is 35.9 Å². The maximum atomic E-state index is 6.44. The average Bonchev–Trinajstić information content (AvgIpc) is 2.63. The second-order valence-corrected chi connectivity index (χ2v) is 7.25. The van der Waals surface area contributed by atoms with Crippen molar-refractivity contribution in [3.63, 3.8) is 0 Å². The molecular weight excluding hydrogens is 328 g/mol. The summed E-state index contributed by atoms with van der Waals surface area (Å²) in [6.45, 7) is 4.47. The van der Waals surface area contributed by atoms with Gasteiger partial charge in [0.1, 0.15) is 0 Å². The van der Waals surface area contributed by atoms with Crippen LogP contribution in [0.1, 0.15) is 76.3 Å². The molecule has 0 unspecified atom stereocenters. The third-order valence-corrected chi connectivity index (χ3v) is 4.99. The van der Waals surface area contributed by atoms with Gasteiger partial charge in [-0.25, -0.2) is 9.97 Å². The van der Waals surface area contributed by atoms with Gasteiger partial charge in [0.15, 0.2) is 5.82 Å². The molecule has 1 aromatic carbocycles. The van der Waals surface area contributed by atoms with Crippen molar-refractivity contribution in [3.05, 3.63) is 46.7 Å². The first-order valence-electron chi connectivity index (χ1n) is 9.84. The van der Waals surface area contributed by atoms with Crippen LogP contribution in [0, 0.1) is 0 Å². The summed E-state index contributed by atoms with van der Waals surface area (Å²) < 4.78 is 0. The molecule has 0 atom stereocenters. The molecule has 0 saturated heterocycles. The van der Waals surface area contributed by atoms with Gasteiger partial charge in [0.2, 0.25) is 0 Å². The highest BCUT2D eigenvalue weighted by Gasteiger charge is 2.06. The molecule has 3 heteroatoms. The van der Waals surface area contributed by atoms with Crippen molar-refractivity contribution >= 4 is 11.6 Å². The van der Waals surface area contributed by atoms with Gasteiger partial charge in [0.25, 0.3) is 0 Å². The second kappa shape index (κ2) is 11.3. The first kappa shape index (κ1) is 19.9. The number of aryl methyl sites for hydroxylation is 2. The number of halogens is 1. The van der Waals surface area contributed by atoms with Gasteiger partial charge >= 0.3 is 0 Å². The van der Waals surface area contributed by atoms with E-state index in [4.69, 9.17) is 11.6 Å². The topological polar surface area (TPSA) is 25.8 Å². The van der Waals surface area contributed by atoms with Crippen molar-refractivity contribution in [2.75, 3.05) is 0 Å². The maximum Gasteiger partial charge on any atom is 0.159 e. The number of unbranched alkanes of at least 4 members (excludes halogenated alkanes) is 6. The molecule has 1 heterocycles. The predicted molar refractivity (Wildman–Crippen MR) is 108 cm³/mol. The number of rotatable bonds is 11. The minimum Gasteiger partial charge on any atom is -0.236 e. The van der Waals surface area contributed by atoms with Crippen molar-refractivity contribution < 1.29 is 0 Å². The summed E-state index contributed by atoms with van der Waals surface area (Å²) in [5, 5.41) is 0.831. The molecule has 0 saturated carbocycles. The second-order valence-electron chi connectivity index (χ2n) is 6.84. The minimum atomic E-state index is 0.761. The summed E-state index contributed by atoms with van der Waals surface area (Å²) in [5.41, 5.74) is 3.45. The van der Waals surface area contributed by atoms with E-state index in [0.29, 0.717) is 0 Å². The molecule has 0 aliphatic carbocycles. The summed E-state index contributed by atoms with van der Waals surface area (Å²) in [4.78, 5) is 9.08. The number of benzene rings is 1. The highest BCUT2D eigenvalue weighted by atomic mass is 35.5. The fourth-order valence-corrected chi connectivity index (χ4v) is 3.30. The lowest BCUT2D eigenvalue weighted by Crippen LogP contribution is -1.94. The van der Waals surface area contributed by atoms with E-state index in [1.807, 2.05) is 18.5 Å². The Labute approximate surface area is 158 Å². The first-order valence-corrected chi connectivity index (χ1v) is 10.2. The Morgan fingerprint density at radius 3 is 2.12 bits per heavy atom. The molecule has 0 amide bonds. The minimum absolute atomic E-state index is 0.761. The molecule has 0 aliphatic heterocycles. The maximum absolute atomic E-state index is 6.44. The zero-order valence-corrected chi connectivity index (χ0v) is 16.5. The molecule has 0 bridgehead atoms. The first-order chi connectivity index (χ1) is 12.2. The molecule has 2 rings (SSSR count). The van der Waals surface area contributed by atoms with Crippen molar-refractivity contribution in [2.24, 2.45) is 0 Å². The zero-order valence-electron chi connectivity index (χ0n) is 15.7. The predicted octanol–water partition coefficient (Wildman–Crippen LogP) is 7.04. The third-order valence-electron chi connectivity index (χ3n) is 4.64. The summed E-state index contributed by atoms with van der Waals surface area (Å²) in [6.07, 6.45) is 16.2. The van der Waals surface area contributed by atoms with E-state index in [0.717, 1.165) is 29.3 Å². The summed E-state index contributed by atoms with van der Waals surface area (Å²) >= 11 is 6.44. The van der Waals surface area contributed by atoms with E-state index in [1.165, 1.54) is 62.5 Å². The average molecular weight is 359 g/mol. The van der Waals surface area contributed by atoms with E-state index in [9.17, 15) is 0 Å². The standard InChI is InChI=1S/C22H31ClN2/c1-3-5-7-8-10-11-18-16-24-22(25-17-18)20-14-13-19(21(23)15-20)12-9-6-4-2/h13-17H,3-12H2,1-2H3. The Bertz CT molecular complexity index is 622. The summed E-state index contributed by atoms with van der Waals surface area (Å²) in [5.74, 6) is 0.761. The van der Waals surface area contributed by atoms with Crippen LogP contribution in [0.3, 0.4) is 0 Å². The molecule has 0 N–H and O–H groups in total. The van der Waals surface area contributed by atoms with E-state index >= 15 is 0 Å². The number of hydrogen-bond donors (Lipinski definition) is 0. The van der Waals surface area contributed by atoms with Crippen LogP contribution in [-0.4, -0.2) is 9.97 Å². The molecular formula is C22H31ClN2. The van der Waals surface area contributed by atoms with Crippen molar-refractivity contribution in [3.8, 4) is 11.4 Å². The molecule has 2 aromatic rings. The van der Waals surface area contributed by atoms with E-state index in [1.54, 1.807) is 0 Å². The molecule has 0 spiro atoms. The summed E-state index contributed by atoms with van der Waals surface area (Å²) in [6, 6.07) is 6.22. The van der Waals surface area contributed by atoms with Crippen LogP contribution in [0.5, 0.6) is 0 Å². The van der Waals surface area contributed by atoms with Crippen LogP contribution in [0.2, 0.25) is 5.02 Å². The normalized spacial score (nSPS) is 11.0. The van der Waals surface area contributed by atoms with Gasteiger partial charge in [-0.05, 0) is 42.9 Å². The van der Waals surface area contributed by atoms with Crippen LogP contribution in [0.4, 0.5) is 0 Å². The van der Waals surface area contributed by atoms with Gasteiger partial charge in [0, 0.05) is 23.0 Å². The van der Waals surface area contributed by atoms with E-state index < -0.39 is 0 Å². The van der Waals surface area contributed by atoms with Gasteiger partial charge < -0.3 is 0 Å². The van der Waals surface area contributed by atoms with Crippen molar-refractivity contribution in [1.29, 1.82) is 0 Å². The van der Waals surface area contributed by atoms with Crippen LogP contribution < -0.4 is 0 Å². The molecule has 2 nitrogen and oxygen atoms in total. The fourth-order valence-electron chi connectivity index (χ4n) is 3.02. The Kier molecular flexibility index (Phi) is 8.96. The van der Waals surface area contributed by atoms with Gasteiger partial charge in [-0.2, -0.15) is 0 Å². The third kappa shape index (κ3) is 6.78. The smallest absolute Gasteiger partial charge is 0.159 e. The number of aromatic nitrogens is 2. The Morgan fingerprint density at radius 2 is 1.44 bits per heavy atom. The molecule has 0 fully saturated rings. The zero-order chi connectivity index (χ0) is 17.9. The monoisotopic (exact) mass is 358 g/mol. The molecule has 0 aliphatic rings.